The summed E-state index contributed by atoms with van der Waals surface area (Å²) in [6.45, 7) is 7.78. The van der Waals surface area contributed by atoms with Gasteiger partial charge in [-0.25, -0.2) is 19.9 Å². The topological polar surface area (TPSA) is 112 Å². The molecule has 10 heteroatoms. The molecule has 5 rings (SSSR count). The second-order valence-electron chi connectivity index (χ2n) is 8.07. The summed E-state index contributed by atoms with van der Waals surface area (Å²) in [6.07, 6.45) is 2.14. The van der Waals surface area contributed by atoms with Crippen molar-refractivity contribution in [3.8, 4) is 5.82 Å². The van der Waals surface area contributed by atoms with Gasteiger partial charge in [0.2, 0.25) is 0 Å². The highest BCUT2D eigenvalue weighted by atomic mass is 16.2. The summed E-state index contributed by atoms with van der Waals surface area (Å²) in [5.41, 5.74) is 2.23. The molecule has 1 aliphatic heterocycles. The van der Waals surface area contributed by atoms with E-state index in [2.05, 4.69) is 61.7 Å². The Morgan fingerprint density at radius 3 is 2.39 bits per heavy atom. The fourth-order valence-electron chi connectivity index (χ4n) is 4.19. The molecular weight excluding hydrogens is 420 g/mol. The molecule has 0 radical (unpaired) electrons. The number of nitrogens with zero attached hydrogens (tertiary/aromatic N) is 8. The predicted molar refractivity (Wildman–Crippen MR) is 121 cm³/mol. The minimum Gasteiger partial charge on any atom is -0.355 e. The zero-order valence-electron chi connectivity index (χ0n) is 19.2. The van der Waals surface area contributed by atoms with Gasteiger partial charge in [0.1, 0.15) is 29.1 Å². The van der Waals surface area contributed by atoms with E-state index >= 15 is 0 Å². The summed E-state index contributed by atoms with van der Waals surface area (Å²) in [5, 5.41) is 4.57. The Hall–Kier alpha value is -3.91. The summed E-state index contributed by atoms with van der Waals surface area (Å²) in [7, 11) is 2.10. The van der Waals surface area contributed by atoms with Crippen LogP contribution in [0.25, 0.3) is 16.9 Å². The Labute approximate surface area is 191 Å². The van der Waals surface area contributed by atoms with Gasteiger partial charge in [-0.2, -0.15) is 14.3 Å². The molecule has 0 spiro atoms. The van der Waals surface area contributed by atoms with E-state index in [4.69, 9.17) is 14.6 Å². The average molecular weight is 447 g/mol. The van der Waals surface area contributed by atoms with Gasteiger partial charge < -0.3 is 9.47 Å². The van der Waals surface area contributed by atoms with Gasteiger partial charge in [0.25, 0.3) is 0 Å². The molecule has 0 amide bonds. The molecule has 33 heavy (non-hydrogen) atoms. The van der Waals surface area contributed by atoms with Crippen LogP contribution in [0.2, 0.25) is 0 Å². The molecule has 3 aromatic heterocycles. The number of aromatic nitrogens is 7. The van der Waals surface area contributed by atoms with Gasteiger partial charge in [0.05, 0.1) is 17.0 Å². The van der Waals surface area contributed by atoms with Crippen molar-refractivity contribution >= 4 is 23.0 Å². The maximum atomic E-state index is 8.12. The fraction of sp³-hybridized carbons (Fsp3) is 0.391. The van der Waals surface area contributed by atoms with Gasteiger partial charge in [0, 0.05) is 32.6 Å². The SMILES string of the molecule is CCCc1nc(C)nn1-c1cc(N2CC(c3nc4ccccc4n3C)C2)nc(C)n1.O=C=O. The lowest BCUT2D eigenvalue weighted by atomic mass is 9.99. The van der Waals surface area contributed by atoms with E-state index in [1.54, 1.807) is 0 Å². The number of anilines is 1. The van der Waals surface area contributed by atoms with E-state index in [9.17, 15) is 0 Å². The number of fused-ring (bicyclic) bond motifs is 1. The maximum Gasteiger partial charge on any atom is 0.373 e. The largest absolute Gasteiger partial charge is 0.373 e. The van der Waals surface area contributed by atoms with Crippen LogP contribution in [-0.2, 0) is 23.1 Å². The lowest BCUT2D eigenvalue weighted by Gasteiger charge is -2.39. The van der Waals surface area contributed by atoms with E-state index in [0.29, 0.717) is 5.92 Å². The molecule has 4 heterocycles. The molecule has 0 atom stereocenters. The van der Waals surface area contributed by atoms with Crippen LogP contribution in [0.4, 0.5) is 5.82 Å². The van der Waals surface area contributed by atoms with Crippen molar-refractivity contribution in [3.05, 3.63) is 53.6 Å². The van der Waals surface area contributed by atoms with Gasteiger partial charge >= 0.3 is 6.15 Å². The van der Waals surface area contributed by atoms with Crippen molar-refractivity contribution in [3.63, 3.8) is 0 Å². The molecule has 170 valence electrons. The van der Waals surface area contributed by atoms with E-state index in [1.807, 2.05) is 30.7 Å². The van der Waals surface area contributed by atoms with Crippen molar-refractivity contribution < 1.29 is 9.59 Å². The van der Waals surface area contributed by atoms with Crippen molar-refractivity contribution in [2.45, 2.75) is 39.5 Å². The number of imidazole rings is 1. The lowest BCUT2D eigenvalue weighted by Crippen LogP contribution is -2.46. The Bertz CT molecular complexity index is 1310. The lowest BCUT2D eigenvalue weighted by molar-refractivity contribution is -0.191. The molecule has 0 bridgehead atoms. The van der Waals surface area contributed by atoms with Crippen LogP contribution in [0.5, 0.6) is 0 Å². The average Bonchev–Trinajstić information content (AvgIpc) is 3.28. The Morgan fingerprint density at radius 1 is 1.00 bits per heavy atom. The molecule has 1 aliphatic rings. The third-order valence-electron chi connectivity index (χ3n) is 5.67. The molecule has 0 N–H and O–H groups in total. The molecule has 10 nitrogen and oxygen atoms in total. The van der Waals surface area contributed by atoms with Crippen LogP contribution in [0.1, 0.15) is 42.6 Å². The van der Waals surface area contributed by atoms with Gasteiger partial charge in [-0.1, -0.05) is 19.1 Å². The van der Waals surface area contributed by atoms with Gasteiger partial charge in [0.15, 0.2) is 5.82 Å². The smallest absolute Gasteiger partial charge is 0.355 e. The number of para-hydroxylation sites is 2. The van der Waals surface area contributed by atoms with Gasteiger partial charge in [-0.05, 0) is 32.4 Å². The fourth-order valence-corrected chi connectivity index (χ4v) is 4.19. The van der Waals surface area contributed by atoms with Crippen molar-refractivity contribution in [1.82, 2.24) is 34.3 Å². The summed E-state index contributed by atoms with van der Waals surface area (Å²) >= 11 is 0. The van der Waals surface area contributed by atoms with E-state index < -0.39 is 0 Å². The molecule has 0 saturated carbocycles. The third kappa shape index (κ3) is 4.38. The molecule has 4 aromatic rings. The molecule has 1 aromatic carbocycles. The summed E-state index contributed by atoms with van der Waals surface area (Å²) in [6, 6.07) is 10.3. The molecule has 1 saturated heterocycles. The van der Waals surface area contributed by atoms with Crippen LogP contribution >= 0.6 is 0 Å². The van der Waals surface area contributed by atoms with Crippen LogP contribution < -0.4 is 4.90 Å². The zero-order valence-corrected chi connectivity index (χ0v) is 19.2. The summed E-state index contributed by atoms with van der Waals surface area (Å²) in [5.74, 6) is 5.70. The van der Waals surface area contributed by atoms with Crippen LogP contribution in [-0.4, -0.2) is 53.5 Å². The van der Waals surface area contributed by atoms with E-state index in [0.717, 1.165) is 66.4 Å². The Kier molecular flexibility index (Phi) is 6.28. The summed E-state index contributed by atoms with van der Waals surface area (Å²) < 4.78 is 4.07. The highest BCUT2D eigenvalue weighted by molar-refractivity contribution is 5.76. The van der Waals surface area contributed by atoms with Crippen LogP contribution in [0.3, 0.4) is 0 Å². The number of rotatable bonds is 5. The number of hydrogen-bond acceptors (Lipinski definition) is 8. The van der Waals surface area contributed by atoms with E-state index in [1.165, 1.54) is 5.52 Å². The second-order valence-corrected chi connectivity index (χ2v) is 8.07. The number of hydrogen-bond donors (Lipinski definition) is 0. The predicted octanol–water partition coefficient (Wildman–Crippen LogP) is 2.53. The quantitative estimate of drug-likeness (QED) is 0.460. The Balaban J connectivity index is 0.000000821. The Morgan fingerprint density at radius 2 is 1.70 bits per heavy atom. The number of benzene rings is 1. The van der Waals surface area contributed by atoms with Crippen molar-refractivity contribution in [1.29, 1.82) is 0 Å². The first-order valence-electron chi connectivity index (χ1n) is 10.9. The standard InChI is InChI=1S/C22H26N8.CO2/c1-5-8-19-25-15(3)27-30(19)21-11-20(23-14(2)24-21)29-12-16(13-29)22-26-17-9-6-7-10-18(17)28(22)4;2-1-3/h6-7,9-11,16H,5,8,12-13H2,1-4H3;. The number of aryl methyl sites for hydroxylation is 4. The first-order valence-corrected chi connectivity index (χ1v) is 10.9. The zero-order chi connectivity index (χ0) is 23.5. The minimum atomic E-state index is 0.250. The summed E-state index contributed by atoms with van der Waals surface area (Å²) in [4.78, 5) is 37.3. The van der Waals surface area contributed by atoms with Crippen LogP contribution in [0, 0.1) is 13.8 Å². The molecule has 0 aliphatic carbocycles. The number of carbonyl (C=O) groups excluding carboxylic acids is 2. The molecular formula is C23H26N8O2. The van der Waals surface area contributed by atoms with E-state index in [-0.39, 0.29) is 6.15 Å². The van der Waals surface area contributed by atoms with Crippen LogP contribution in [0.15, 0.2) is 30.3 Å². The first-order chi connectivity index (χ1) is 15.9. The normalized spacial score (nSPS) is 13.4. The maximum absolute atomic E-state index is 8.12. The van der Waals surface area contributed by atoms with Gasteiger partial charge in [-0.3, -0.25) is 0 Å². The second kappa shape index (κ2) is 9.30. The highest BCUT2D eigenvalue weighted by Crippen LogP contribution is 2.32. The minimum absolute atomic E-state index is 0.250. The molecule has 1 fully saturated rings. The third-order valence-corrected chi connectivity index (χ3v) is 5.67. The van der Waals surface area contributed by atoms with Crippen molar-refractivity contribution in [2.75, 3.05) is 18.0 Å². The highest BCUT2D eigenvalue weighted by Gasteiger charge is 2.33. The monoisotopic (exact) mass is 446 g/mol. The molecule has 0 unspecified atom stereocenters. The van der Waals surface area contributed by atoms with Crippen molar-refractivity contribution in [2.24, 2.45) is 7.05 Å². The van der Waals surface area contributed by atoms with Gasteiger partial charge in [-0.15, -0.1) is 5.10 Å². The first kappa shape index (κ1) is 22.3.